The number of carbonyl (C=O) groups excluding carboxylic acids is 1. The lowest BCUT2D eigenvalue weighted by atomic mass is 9.42. The summed E-state index contributed by atoms with van der Waals surface area (Å²) in [5.41, 5.74) is 1.89. The molecule has 0 radical (unpaired) electrons. The summed E-state index contributed by atoms with van der Waals surface area (Å²) in [4.78, 5) is 14.7. The fourth-order valence-corrected chi connectivity index (χ4v) is 3.47. The van der Waals surface area contributed by atoms with Crippen LogP contribution in [0.2, 0.25) is 12.6 Å². The largest absolute Gasteiger partial charge is 0.497 e. The van der Waals surface area contributed by atoms with Crippen LogP contribution in [0, 0.1) is 11.2 Å². The molecule has 1 saturated heterocycles. The lowest BCUT2D eigenvalue weighted by molar-refractivity contribution is 0.0644. The number of methoxy groups -OCH3 is 1. The molecule has 21 heavy (non-hydrogen) atoms. The fraction of sp³-hybridized carbons (Fsp3) is 0.500. The average Bonchev–Trinajstić information content (AvgIpc) is 2.55. The van der Waals surface area contributed by atoms with Crippen molar-refractivity contribution in [2.24, 2.45) is 0 Å². The van der Waals surface area contributed by atoms with Crippen molar-refractivity contribution in [2.75, 3.05) is 13.7 Å². The first-order valence-electron chi connectivity index (χ1n) is 7.60. The monoisotopic (exact) mass is 282 g/mol. The van der Waals surface area contributed by atoms with Crippen LogP contribution in [0.15, 0.2) is 18.2 Å². The highest BCUT2D eigenvalue weighted by atomic mass is 16.5. The summed E-state index contributed by atoms with van der Waals surface area (Å²) in [6.07, 6.45) is 4.63. The van der Waals surface area contributed by atoms with Crippen molar-refractivity contribution in [3.63, 3.8) is 0 Å². The van der Waals surface area contributed by atoms with Gasteiger partial charge >= 0.3 is 0 Å². The molecular weight excluding hydrogens is 263 g/mol. The van der Waals surface area contributed by atoms with Crippen LogP contribution in [-0.4, -0.2) is 37.2 Å². The van der Waals surface area contributed by atoms with E-state index >= 15 is 0 Å². The number of benzene rings is 1. The molecule has 3 rings (SSSR count). The van der Waals surface area contributed by atoms with Gasteiger partial charge in [-0.25, -0.2) is 5.26 Å². The van der Waals surface area contributed by atoms with Crippen LogP contribution in [0.4, 0.5) is 0 Å². The summed E-state index contributed by atoms with van der Waals surface area (Å²) in [6.45, 7) is 0.957. The second-order valence-electron chi connectivity index (χ2n) is 5.91. The van der Waals surface area contributed by atoms with E-state index in [-0.39, 0.29) is 12.6 Å². The summed E-state index contributed by atoms with van der Waals surface area (Å²) in [7, 11) is 1.65. The number of hydrogen-bond donors (Lipinski definition) is 0. The lowest BCUT2D eigenvalue weighted by Gasteiger charge is -2.38. The van der Waals surface area contributed by atoms with Gasteiger partial charge in [0.15, 0.2) is 0 Å². The molecule has 0 saturated carbocycles. The van der Waals surface area contributed by atoms with Crippen molar-refractivity contribution in [2.45, 2.75) is 37.9 Å². The summed E-state index contributed by atoms with van der Waals surface area (Å²) >= 11 is 0. The summed E-state index contributed by atoms with van der Waals surface area (Å²) in [5.74, 6) is 3.30. The Kier molecular flexibility index (Phi) is 3.87. The number of amides is 1. The van der Waals surface area contributed by atoms with Crippen molar-refractivity contribution < 1.29 is 9.53 Å². The summed E-state index contributed by atoms with van der Waals surface area (Å²) in [5, 5.41) is 8.98. The van der Waals surface area contributed by atoms with E-state index in [2.05, 4.69) is 5.97 Å². The Balaban J connectivity index is 1.75. The zero-order chi connectivity index (χ0) is 14.8. The van der Waals surface area contributed by atoms with Gasteiger partial charge in [-0.15, -0.1) is 0 Å². The predicted octanol–water partition coefficient (Wildman–Crippen LogP) is 2.41. The third-order valence-corrected chi connectivity index (χ3v) is 4.75. The quantitative estimate of drug-likeness (QED) is 0.783. The molecule has 108 valence electrons. The van der Waals surface area contributed by atoms with Crippen LogP contribution in [-0.2, 0) is 6.42 Å². The maximum absolute atomic E-state index is 12.7. The molecular formula is C16H19BN2O2. The summed E-state index contributed by atoms with van der Waals surface area (Å²) < 4.78 is 5.23. The van der Waals surface area contributed by atoms with Gasteiger partial charge in [0.2, 0.25) is 0 Å². The third-order valence-electron chi connectivity index (χ3n) is 4.75. The van der Waals surface area contributed by atoms with E-state index in [1.165, 1.54) is 0 Å². The van der Waals surface area contributed by atoms with Gasteiger partial charge < -0.3 is 9.64 Å². The van der Waals surface area contributed by atoms with Gasteiger partial charge in [0.25, 0.3) is 12.6 Å². The highest BCUT2D eigenvalue weighted by Crippen LogP contribution is 2.30. The molecule has 1 aromatic rings. The average molecular weight is 282 g/mol. The molecule has 1 fully saturated rings. The number of rotatable bonds is 2. The molecule has 1 amide bonds. The van der Waals surface area contributed by atoms with E-state index < -0.39 is 0 Å². The van der Waals surface area contributed by atoms with Crippen molar-refractivity contribution in [1.82, 2.24) is 4.90 Å². The van der Waals surface area contributed by atoms with Crippen molar-refractivity contribution in [3.05, 3.63) is 29.3 Å². The topological polar surface area (TPSA) is 53.3 Å². The Hall–Kier alpha value is -1.96. The van der Waals surface area contributed by atoms with Crippen molar-refractivity contribution in [3.8, 4) is 11.7 Å². The molecule has 1 aromatic carbocycles. The Morgan fingerprint density at radius 3 is 2.81 bits per heavy atom. The molecule has 0 N–H and O–H groups in total. The van der Waals surface area contributed by atoms with Gasteiger partial charge in [-0.2, -0.15) is 0 Å². The molecule has 0 aromatic heterocycles. The van der Waals surface area contributed by atoms with E-state index in [0.717, 1.165) is 55.3 Å². The minimum Gasteiger partial charge on any atom is -0.497 e. The smallest absolute Gasteiger partial charge is 0.268 e. The second-order valence-corrected chi connectivity index (χ2v) is 5.91. The Labute approximate surface area is 125 Å². The highest BCUT2D eigenvalue weighted by molar-refractivity contribution is 6.67. The van der Waals surface area contributed by atoms with E-state index in [9.17, 15) is 4.79 Å². The van der Waals surface area contributed by atoms with Crippen molar-refractivity contribution >= 4 is 12.6 Å². The Bertz CT molecular complexity index is 588. The van der Waals surface area contributed by atoms with Gasteiger partial charge in [-0.3, -0.25) is 4.79 Å². The molecule has 0 atom stereocenters. The molecule has 0 aliphatic carbocycles. The first kappa shape index (κ1) is 14.0. The minimum atomic E-state index is 0.138. The molecule has 5 heteroatoms. The van der Waals surface area contributed by atoms with Gasteiger partial charge in [0.05, 0.1) is 7.11 Å². The van der Waals surface area contributed by atoms with Crippen LogP contribution in [0.1, 0.15) is 28.8 Å². The van der Waals surface area contributed by atoms with Gasteiger partial charge in [-0.05, 0) is 43.0 Å². The zero-order valence-corrected chi connectivity index (χ0v) is 12.3. The third kappa shape index (κ3) is 2.63. The standard InChI is InChI=1S/C16H19BN2O2/c1-21-14-2-3-15-12(10-14)6-9-19(16(15)20)13-4-7-17(11-18)8-5-13/h2-3,10,13H,4-9H2,1H3. The molecule has 0 spiro atoms. The van der Waals surface area contributed by atoms with E-state index in [1.54, 1.807) is 7.11 Å². The number of ether oxygens (including phenoxy) is 1. The lowest BCUT2D eigenvalue weighted by Crippen LogP contribution is -2.46. The number of nitriles is 1. The Morgan fingerprint density at radius 1 is 1.38 bits per heavy atom. The van der Waals surface area contributed by atoms with Gasteiger partial charge in [-0.1, -0.05) is 12.6 Å². The van der Waals surface area contributed by atoms with Crippen LogP contribution < -0.4 is 4.74 Å². The van der Waals surface area contributed by atoms with Gasteiger partial charge in [0, 0.05) is 24.1 Å². The number of hydrogen-bond acceptors (Lipinski definition) is 3. The summed E-state index contributed by atoms with van der Waals surface area (Å²) in [6, 6.07) is 6.01. The SMILES string of the molecule is COc1ccc2c(c1)CCN(C1CCB(C#N)CC1)C2=O. The predicted molar refractivity (Wildman–Crippen MR) is 81.7 cm³/mol. The minimum absolute atomic E-state index is 0.138. The highest BCUT2D eigenvalue weighted by Gasteiger charge is 2.33. The second kappa shape index (κ2) is 5.81. The van der Waals surface area contributed by atoms with E-state index in [0.29, 0.717) is 6.04 Å². The van der Waals surface area contributed by atoms with Gasteiger partial charge in [0.1, 0.15) is 5.75 Å². The molecule has 2 aliphatic heterocycles. The molecule has 0 unspecified atom stereocenters. The van der Waals surface area contributed by atoms with Crippen molar-refractivity contribution in [1.29, 1.82) is 5.26 Å². The molecule has 4 nitrogen and oxygen atoms in total. The molecule has 2 aliphatic rings. The number of carbonyl (C=O) groups is 1. The van der Waals surface area contributed by atoms with Crippen LogP contribution in [0.25, 0.3) is 0 Å². The zero-order valence-electron chi connectivity index (χ0n) is 12.3. The number of fused-ring (bicyclic) bond motifs is 1. The van der Waals surface area contributed by atoms with E-state index in [1.807, 2.05) is 23.1 Å². The molecule has 0 bridgehead atoms. The fourth-order valence-electron chi connectivity index (χ4n) is 3.47. The van der Waals surface area contributed by atoms with E-state index in [4.69, 9.17) is 10.00 Å². The first-order valence-corrected chi connectivity index (χ1v) is 7.60. The maximum Gasteiger partial charge on any atom is 0.268 e. The normalized spacial score (nSPS) is 19.1. The van der Waals surface area contributed by atoms with Crippen LogP contribution in [0.5, 0.6) is 5.75 Å². The number of nitrogens with zero attached hydrogens (tertiary/aromatic N) is 2. The first-order chi connectivity index (χ1) is 10.2. The van der Waals surface area contributed by atoms with Crippen LogP contribution in [0.3, 0.4) is 0 Å². The maximum atomic E-state index is 12.7. The van der Waals surface area contributed by atoms with Crippen LogP contribution >= 0.6 is 0 Å². The Morgan fingerprint density at radius 2 is 2.14 bits per heavy atom. The molecule has 2 heterocycles.